The fourth-order valence-electron chi connectivity index (χ4n) is 1.35. The average Bonchev–Trinajstić information content (AvgIpc) is 2.65. The number of methoxy groups -OCH3 is 1. The minimum absolute atomic E-state index is 0.0422. The third-order valence-electron chi connectivity index (χ3n) is 2.21. The molecule has 84 valence electrons. The Morgan fingerprint density at radius 2 is 2.29 bits per heavy atom. The number of aliphatic hydroxyl groups excluding tert-OH is 2. The molecule has 5 heteroatoms. The molecule has 0 aliphatic carbocycles. The maximum absolute atomic E-state index is 9.05. The zero-order valence-electron chi connectivity index (χ0n) is 8.39. The molecular weight excluding hydrogens is 188 g/mol. The molecule has 3 atom stereocenters. The first kappa shape index (κ1) is 11.9. The second kappa shape index (κ2) is 6.31. The molecule has 0 amide bonds. The van der Waals surface area contributed by atoms with E-state index in [-0.39, 0.29) is 19.0 Å². The maximum atomic E-state index is 9.05. The van der Waals surface area contributed by atoms with Crippen molar-refractivity contribution in [2.24, 2.45) is 0 Å². The summed E-state index contributed by atoms with van der Waals surface area (Å²) in [6.45, 7) is 0.443. The van der Waals surface area contributed by atoms with Crippen LogP contribution in [0.1, 0.15) is 19.3 Å². The van der Waals surface area contributed by atoms with Gasteiger partial charge in [0.1, 0.15) is 0 Å². The topological polar surface area (TPSA) is 68.2 Å². The highest BCUT2D eigenvalue weighted by Gasteiger charge is 2.24. The van der Waals surface area contributed by atoms with Crippen LogP contribution in [-0.4, -0.2) is 49.2 Å². The van der Waals surface area contributed by atoms with Crippen molar-refractivity contribution in [2.75, 3.05) is 20.3 Å². The SMILES string of the molecule is COC(O)CCOC1CCC(CO)O1. The Morgan fingerprint density at radius 1 is 1.50 bits per heavy atom. The fourth-order valence-corrected chi connectivity index (χ4v) is 1.35. The van der Waals surface area contributed by atoms with Gasteiger partial charge >= 0.3 is 0 Å². The van der Waals surface area contributed by atoms with E-state index in [1.807, 2.05) is 0 Å². The number of rotatable bonds is 6. The van der Waals surface area contributed by atoms with Crippen molar-refractivity contribution < 1.29 is 24.4 Å². The van der Waals surface area contributed by atoms with E-state index in [0.717, 1.165) is 12.8 Å². The van der Waals surface area contributed by atoms with E-state index >= 15 is 0 Å². The summed E-state index contributed by atoms with van der Waals surface area (Å²) in [6, 6.07) is 0. The molecule has 0 bridgehead atoms. The van der Waals surface area contributed by atoms with E-state index in [4.69, 9.17) is 19.7 Å². The lowest BCUT2D eigenvalue weighted by Crippen LogP contribution is -2.19. The highest BCUT2D eigenvalue weighted by molar-refractivity contribution is 4.66. The standard InChI is InChI=1S/C9H18O5/c1-12-8(11)4-5-13-9-3-2-7(6-10)14-9/h7-11H,2-6H2,1H3. The van der Waals surface area contributed by atoms with Crippen molar-refractivity contribution in [2.45, 2.75) is 37.9 Å². The summed E-state index contributed by atoms with van der Waals surface area (Å²) in [5.74, 6) is 0. The second-order valence-corrected chi connectivity index (χ2v) is 3.30. The number of aliphatic hydroxyl groups is 2. The van der Waals surface area contributed by atoms with Gasteiger partial charge in [0.15, 0.2) is 12.6 Å². The van der Waals surface area contributed by atoms with Crippen molar-refractivity contribution in [1.29, 1.82) is 0 Å². The molecule has 0 spiro atoms. The quantitative estimate of drug-likeness (QED) is 0.592. The molecule has 2 N–H and O–H groups in total. The zero-order valence-corrected chi connectivity index (χ0v) is 8.39. The molecule has 14 heavy (non-hydrogen) atoms. The van der Waals surface area contributed by atoms with Gasteiger partial charge in [-0.05, 0) is 6.42 Å². The molecule has 0 radical (unpaired) electrons. The van der Waals surface area contributed by atoms with Crippen molar-refractivity contribution >= 4 is 0 Å². The van der Waals surface area contributed by atoms with Crippen LogP contribution in [0.5, 0.6) is 0 Å². The van der Waals surface area contributed by atoms with Gasteiger partial charge in [0, 0.05) is 20.0 Å². The van der Waals surface area contributed by atoms with Crippen LogP contribution in [0, 0.1) is 0 Å². The van der Waals surface area contributed by atoms with Crippen molar-refractivity contribution in [1.82, 2.24) is 0 Å². The molecule has 3 unspecified atom stereocenters. The molecule has 1 rings (SSSR count). The van der Waals surface area contributed by atoms with E-state index in [2.05, 4.69) is 4.74 Å². The van der Waals surface area contributed by atoms with Crippen LogP contribution in [0.3, 0.4) is 0 Å². The largest absolute Gasteiger partial charge is 0.394 e. The van der Waals surface area contributed by atoms with Crippen LogP contribution >= 0.6 is 0 Å². The van der Waals surface area contributed by atoms with Gasteiger partial charge < -0.3 is 24.4 Å². The second-order valence-electron chi connectivity index (χ2n) is 3.30. The molecule has 0 aromatic rings. The monoisotopic (exact) mass is 206 g/mol. The molecule has 1 aliphatic rings. The first-order valence-corrected chi connectivity index (χ1v) is 4.85. The summed E-state index contributed by atoms with van der Waals surface area (Å²) in [6.07, 6.45) is 0.955. The fraction of sp³-hybridized carbons (Fsp3) is 1.00. The molecular formula is C9H18O5. The molecule has 0 saturated carbocycles. The predicted octanol–water partition coefficient (Wildman–Crippen LogP) is -0.145. The molecule has 0 aromatic carbocycles. The Hall–Kier alpha value is -0.200. The van der Waals surface area contributed by atoms with Crippen molar-refractivity contribution in [3.05, 3.63) is 0 Å². The summed E-state index contributed by atoms with van der Waals surface area (Å²) < 4.78 is 15.3. The molecule has 0 aromatic heterocycles. The van der Waals surface area contributed by atoms with E-state index in [0.29, 0.717) is 13.0 Å². The Bertz CT molecular complexity index is 152. The highest BCUT2D eigenvalue weighted by atomic mass is 16.7. The molecule has 5 nitrogen and oxygen atoms in total. The van der Waals surface area contributed by atoms with Gasteiger partial charge in [0.2, 0.25) is 0 Å². The summed E-state index contributed by atoms with van der Waals surface area (Å²) in [5.41, 5.74) is 0. The molecule has 1 aliphatic heterocycles. The third-order valence-corrected chi connectivity index (χ3v) is 2.21. The summed E-state index contributed by atoms with van der Waals surface area (Å²) in [4.78, 5) is 0. The molecule has 1 fully saturated rings. The highest BCUT2D eigenvalue weighted by Crippen LogP contribution is 2.20. The van der Waals surface area contributed by atoms with Gasteiger partial charge in [-0.15, -0.1) is 0 Å². The molecule has 1 heterocycles. The Morgan fingerprint density at radius 3 is 2.86 bits per heavy atom. The van der Waals surface area contributed by atoms with Crippen LogP contribution in [0.4, 0.5) is 0 Å². The van der Waals surface area contributed by atoms with Crippen molar-refractivity contribution in [3.8, 4) is 0 Å². The molecule has 1 saturated heterocycles. The Balaban J connectivity index is 2.03. The Labute approximate surface area is 83.6 Å². The first-order valence-electron chi connectivity index (χ1n) is 4.85. The first-order chi connectivity index (χ1) is 6.76. The Kier molecular flexibility index (Phi) is 5.36. The third kappa shape index (κ3) is 3.89. The van der Waals surface area contributed by atoms with E-state index in [1.54, 1.807) is 0 Å². The van der Waals surface area contributed by atoms with Crippen LogP contribution in [0.25, 0.3) is 0 Å². The minimum Gasteiger partial charge on any atom is -0.394 e. The van der Waals surface area contributed by atoms with E-state index < -0.39 is 6.29 Å². The number of hydrogen-bond donors (Lipinski definition) is 2. The maximum Gasteiger partial charge on any atom is 0.158 e. The lowest BCUT2D eigenvalue weighted by Gasteiger charge is -2.14. The lowest BCUT2D eigenvalue weighted by molar-refractivity contribution is -0.157. The summed E-state index contributed by atoms with van der Waals surface area (Å²) in [7, 11) is 1.44. The van der Waals surface area contributed by atoms with Gasteiger partial charge in [0.05, 0.1) is 19.3 Å². The summed E-state index contributed by atoms with van der Waals surface area (Å²) >= 11 is 0. The van der Waals surface area contributed by atoms with Crippen LogP contribution < -0.4 is 0 Å². The minimum atomic E-state index is -0.773. The smallest absolute Gasteiger partial charge is 0.158 e. The lowest BCUT2D eigenvalue weighted by atomic mass is 10.2. The van der Waals surface area contributed by atoms with Gasteiger partial charge in [-0.3, -0.25) is 0 Å². The predicted molar refractivity (Wildman–Crippen MR) is 48.6 cm³/mol. The normalized spacial score (nSPS) is 29.4. The average molecular weight is 206 g/mol. The van der Waals surface area contributed by atoms with Gasteiger partial charge in [-0.2, -0.15) is 0 Å². The zero-order chi connectivity index (χ0) is 10.4. The van der Waals surface area contributed by atoms with Crippen LogP contribution in [0.2, 0.25) is 0 Å². The summed E-state index contributed by atoms with van der Waals surface area (Å²) in [5, 5.41) is 17.8. The van der Waals surface area contributed by atoms with Gasteiger partial charge in [0.25, 0.3) is 0 Å². The van der Waals surface area contributed by atoms with E-state index in [9.17, 15) is 0 Å². The van der Waals surface area contributed by atoms with Crippen LogP contribution in [0.15, 0.2) is 0 Å². The number of ether oxygens (including phenoxy) is 3. The van der Waals surface area contributed by atoms with Gasteiger partial charge in [-0.25, -0.2) is 0 Å². The number of hydrogen-bond acceptors (Lipinski definition) is 5. The van der Waals surface area contributed by atoms with Crippen molar-refractivity contribution in [3.63, 3.8) is 0 Å². The van der Waals surface area contributed by atoms with E-state index in [1.165, 1.54) is 7.11 Å². The van der Waals surface area contributed by atoms with Gasteiger partial charge in [-0.1, -0.05) is 0 Å². The van der Waals surface area contributed by atoms with Crippen LogP contribution in [-0.2, 0) is 14.2 Å².